The molecule has 2 atom stereocenters. The number of piperidine rings is 1. The quantitative estimate of drug-likeness (QED) is 0.0713. The zero-order valence-corrected chi connectivity index (χ0v) is 39.0. The Hall–Kier alpha value is -4.40. The van der Waals surface area contributed by atoms with Crippen molar-refractivity contribution in [1.82, 2.24) is 20.1 Å². The number of hydrogen-bond acceptors (Lipinski definition) is 14. The maximum Gasteiger partial charge on any atom is 0.244 e. The third-order valence-electron chi connectivity index (χ3n) is 12.8. The van der Waals surface area contributed by atoms with Crippen LogP contribution in [0.5, 0.6) is 0 Å². The zero-order valence-electron chi connectivity index (χ0n) is 39.0. The van der Waals surface area contributed by atoms with Gasteiger partial charge < -0.3 is 59.1 Å². The van der Waals surface area contributed by atoms with E-state index in [1.165, 1.54) is 0 Å². The molecule has 3 aliphatic rings. The van der Waals surface area contributed by atoms with Crippen molar-refractivity contribution in [3.63, 3.8) is 0 Å². The summed E-state index contributed by atoms with van der Waals surface area (Å²) in [6, 6.07) is 17.6. The Labute approximate surface area is 389 Å². The summed E-state index contributed by atoms with van der Waals surface area (Å²) in [5.41, 5.74) is 4.17. The van der Waals surface area contributed by atoms with Gasteiger partial charge in [0.2, 0.25) is 17.7 Å². The largest absolute Gasteiger partial charge is 0.382 e. The number of hydrogen-bond donors (Lipinski definition) is 4. The molecule has 3 heterocycles. The fourth-order valence-electron chi connectivity index (χ4n) is 9.04. The number of aliphatic hydroxyl groups is 1. The first-order valence-electron chi connectivity index (χ1n) is 23.3. The van der Waals surface area contributed by atoms with E-state index in [1.54, 1.807) is 18.2 Å². The molecule has 1 spiro atoms. The Kier molecular flexibility index (Phi) is 20.3. The normalized spacial score (nSPS) is 18.0. The standard InChI is InChI=1S/C49H70N6O11/c1-4-48(13-16-54(17-14-48)44(57)36-66-29-28-65-27-26-64-25-24-63-23-22-62-21-20-61-19-18-60-3)47(59)55(34-39-9-6-5-8-38(39)33-50-2)35-43(56)52-41-12-11-37-31-49(32-40(37)30-41)42-10-7-15-51-45(42)53-46(49)58/h5-12,15,30,44,50,57H,4,13-14,16-29,31-36H2,1-3H3,(H,52,56)(H,51,53,58)/t44?,49-/m1/s1. The van der Waals surface area contributed by atoms with E-state index in [1.807, 2.05) is 73.5 Å². The monoisotopic (exact) mass is 919 g/mol. The number of nitrogens with one attached hydrogen (secondary N) is 3. The van der Waals surface area contributed by atoms with E-state index in [4.69, 9.17) is 33.2 Å². The summed E-state index contributed by atoms with van der Waals surface area (Å²) in [4.78, 5) is 50.1. The summed E-state index contributed by atoms with van der Waals surface area (Å²) in [6.45, 7) is 9.53. The lowest BCUT2D eigenvalue weighted by Crippen LogP contribution is -2.53. The van der Waals surface area contributed by atoms with Crippen molar-refractivity contribution in [2.75, 3.05) is 130 Å². The molecule has 3 aromatic rings. The molecule has 3 amide bonds. The second-order valence-corrected chi connectivity index (χ2v) is 17.1. The number of amides is 3. The first kappa shape index (κ1) is 51.0. The minimum atomic E-state index is -0.829. The van der Waals surface area contributed by atoms with E-state index >= 15 is 0 Å². The number of ether oxygens (including phenoxy) is 7. The van der Waals surface area contributed by atoms with Crippen LogP contribution in [0.3, 0.4) is 0 Å². The molecule has 2 aromatic carbocycles. The van der Waals surface area contributed by atoms with Crippen LogP contribution in [0, 0.1) is 5.41 Å². The van der Waals surface area contributed by atoms with E-state index in [-0.39, 0.29) is 37.4 Å². The molecule has 0 radical (unpaired) electrons. The van der Waals surface area contributed by atoms with Gasteiger partial charge in [-0.3, -0.25) is 19.3 Å². The highest BCUT2D eigenvalue weighted by Gasteiger charge is 2.51. The number of likely N-dealkylation sites (tertiary alicyclic amines) is 1. The van der Waals surface area contributed by atoms with Gasteiger partial charge in [-0.25, -0.2) is 4.98 Å². The number of benzene rings is 2. The second-order valence-electron chi connectivity index (χ2n) is 17.1. The summed E-state index contributed by atoms with van der Waals surface area (Å²) >= 11 is 0. The van der Waals surface area contributed by atoms with Gasteiger partial charge in [-0.15, -0.1) is 0 Å². The van der Waals surface area contributed by atoms with Gasteiger partial charge in [-0.2, -0.15) is 0 Å². The van der Waals surface area contributed by atoms with Crippen LogP contribution in [0.25, 0.3) is 0 Å². The van der Waals surface area contributed by atoms with E-state index in [0.717, 1.165) is 27.8 Å². The van der Waals surface area contributed by atoms with Crippen LogP contribution in [-0.4, -0.2) is 164 Å². The molecular formula is C49H70N6O11. The van der Waals surface area contributed by atoms with Gasteiger partial charge in [-0.1, -0.05) is 43.3 Å². The van der Waals surface area contributed by atoms with Gasteiger partial charge in [0.25, 0.3) is 0 Å². The van der Waals surface area contributed by atoms with Crippen molar-refractivity contribution in [1.29, 1.82) is 0 Å². The zero-order chi connectivity index (χ0) is 46.6. The average molecular weight is 919 g/mol. The molecule has 4 N–H and O–H groups in total. The summed E-state index contributed by atoms with van der Waals surface area (Å²) in [6.07, 6.45) is 3.57. The molecule has 17 nitrogen and oxygen atoms in total. The topological polar surface area (TPSA) is 192 Å². The molecule has 1 aliphatic carbocycles. The maximum atomic E-state index is 14.8. The van der Waals surface area contributed by atoms with Crippen molar-refractivity contribution in [2.24, 2.45) is 5.41 Å². The Morgan fingerprint density at radius 2 is 1.42 bits per heavy atom. The highest BCUT2D eigenvalue weighted by Crippen LogP contribution is 2.47. The van der Waals surface area contributed by atoms with Crippen LogP contribution in [-0.2, 0) is 78.9 Å². The molecular weight excluding hydrogens is 849 g/mol. The van der Waals surface area contributed by atoms with Gasteiger partial charge in [-0.05, 0) is 79.6 Å². The van der Waals surface area contributed by atoms with Gasteiger partial charge in [0.15, 0.2) is 0 Å². The van der Waals surface area contributed by atoms with Gasteiger partial charge in [0.1, 0.15) is 18.6 Å². The minimum Gasteiger partial charge on any atom is -0.382 e. The molecule has 17 heteroatoms. The van der Waals surface area contributed by atoms with Crippen LogP contribution in [0.2, 0.25) is 0 Å². The second kappa shape index (κ2) is 26.2. The van der Waals surface area contributed by atoms with E-state index in [0.29, 0.717) is 143 Å². The highest BCUT2D eigenvalue weighted by molar-refractivity contribution is 6.06. The van der Waals surface area contributed by atoms with Gasteiger partial charge >= 0.3 is 0 Å². The van der Waals surface area contributed by atoms with Crippen LogP contribution >= 0.6 is 0 Å². The molecule has 66 heavy (non-hydrogen) atoms. The Morgan fingerprint density at radius 3 is 2.05 bits per heavy atom. The van der Waals surface area contributed by atoms with Crippen molar-refractivity contribution in [2.45, 2.75) is 63.8 Å². The summed E-state index contributed by atoms with van der Waals surface area (Å²) < 4.78 is 38.1. The van der Waals surface area contributed by atoms with Crippen molar-refractivity contribution < 1.29 is 52.6 Å². The van der Waals surface area contributed by atoms with E-state index < -0.39 is 17.1 Å². The predicted molar refractivity (Wildman–Crippen MR) is 248 cm³/mol. The lowest BCUT2D eigenvalue weighted by atomic mass is 9.74. The molecule has 1 aromatic heterocycles. The molecule has 0 bridgehead atoms. The number of carbonyl (C=O) groups excluding carboxylic acids is 3. The summed E-state index contributed by atoms with van der Waals surface area (Å²) in [5, 5.41) is 20.3. The number of fused-ring (bicyclic) bond motifs is 3. The highest BCUT2D eigenvalue weighted by atomic mass is 16.6. The molecule has 362 valence electrons. The smallest absolute Gasteiger partial charge is 0.244 e. The number of rotatable bonds is 30. The number of aromatic nitrogens is 1. The van der Waals surface area contributed by atoms with Gasteiger partial charge in [0, 0.05) is 50.7 Å². The lowest BCUT2D eigenvalue weighted by molar-refractivity contribution is -0.151. The summed E-state index contributed by atoms with van der Waals surface area (Å²) in [7, 11) is 3.52. The predicted octanol–water partition coefficient (Wildman–Crippen LogP) is 3.31. The lowest BCUT2D eigenvalue weighted by Gasteiger charge is -2.44. The number of aliphatic hydroxyl groups excluding tert-OH is 1. The Bertz CT molecular complexity index is 2000. The Morgan fingerprint density at radius 1 is 0.818 bits per heavy atom. The number of methoxy groups -OCH3 is 1. The molecule has 6 rings (SSSR count). The number of anilines is 2. The molecule has 1 unspecified atom stereocenters. The summed E-state index contributed by atoms with van der Waals surface area (Å²) in [5.74, 6) is 0.171. The number of nitrogens with zero attached hydrogens (tertiary/aromatic N) is 3. The van der Waals surface area contributed by atoms with Crippen molar-refractivity contribution >= 4 is 29.2 Å². The van der Waals surface area contributed by atoms with Crippen LogP contribution in [0.4, 0.5) is 11.5 Å². The SMILES string of the molecule is CCC1(C(=O)N(CC(=O)Nc2ccc3c(c2)C[C@@]2(C3)C(=O)Nc3ncccc32)Cc2ccccc2CNC)CCN(C(O)COCCOCCOCCOCCOCCOCCOC)CC1. The average Bonchev–Trinajstić information content (AvgIpc) is 3.85. The van der Waals surface area contributed by atoms with Crippen LogP contribution in [0.15, 0.2) is 60.8 Å². The molecule has 1 fully saturated rings. The third-order valence-corrected chi connectivity index (χ3v) is 12.8. The van der Waals surface area contributed by atoms with E-state index in [2.05, 4.69) is 20.9 Å². The fraction of sp³-hybridized carbons (Fsp3) is 0.592. The van der Waals surface area contributed by atoms with Crippen LogP contribution in [0.1, 0.15) is 54.0 Å². The van der Waals surface area contributed by atoms with Crippen molar-refractivity contribution in [3.8, 4) is 0 Å². The Balaban J connectivity index is 0.935. The van der Waals surface area contributed by atoms with Gasteiger partial charge in [0.05, 0.1) is 96.7 Å². The van der Waals surface area contributed by atoms with Crippen molar-refractivity contribution in [3.05, 3.63) is 88.6 Å². The number of pyridine rings is 1. The first-order valence-corrected chi connectivity index (χ1v) is 23.3. The maximum absolute atomic E-state index is 14.8. The van der Waals surface area contributed by atoms with Crippen LogP contribution < -0.4 is 16.0 Å². The molecule has 2 aliphatic heterocycles. The molecule has 0 saturated carbocycles. The number of carbonyl (C=O) groups is 3. The van der Waals surface area contributed by atoms with E-state index in [9.17, 15) is 19.5 Å². The first-order chi connectivity index (χ1) is 32.2. The molecule has 1 saturated heterocycles. The minimum absolute atomic E-state index is 0.0579. The fourth-order valence-corrected chi connectivity index (χ4v) is 9.04. The third kappa shape index (κ3) is 13.8.